The molecule has 0 saturated carbocycles. The lowest BCUT2D eigenvalue weighted by Crippen LogP contribution is -2.37. The molecule has 1 atom stereocenters. The summed E-state index contributed by atoms with van der Waals surface area (Å²) in [7, 11) is 0. The number of hydrogen-bond donors (Lipinski definition) is 1. The smallest absolute Gasteiger partial charge is 0.134 e. The summed E-state index contributed by atoms with van der Waals surface area (Å²) in [5.41, 5.74) is 6.23. The fourth-order valence-corrected chi connectivity index (χ4v) is 1.17. The molecule has 0 bridgehead atoms. The minimum Gasteiger partial charge on any atom is -0.327 e. The summed E-state index contributed by atoms with van der Waals surface area (Å²) in [6, 6.07) is -0.0232. The van der Waals surface area contributed by atoms with Gasteiger partial charge in [0.25, 0.3) is 0 Å². The zero-order chi connectivity index (χ0) is 12.3. The van der Waals surface area contributed by atoms with E-state index in [1.165, 1.54) is 0 Å². The van der Waals surface area contributed by atoms with Crippen LogP contribution in [0.15, 0.2) is 0 Å². The Bertz CT molecular complexity index is 208. The van der Waals surface area contributed by atoms with E-state index in [9.17, 15) is 4.79 Å². The second-order valence-electron chi connectivity index (χ2n) is 6.78. The standard InChI is InChI=1S/C13H27NO/c1-12(2,3)8-7-10(15)9-11(14)13(4,5)6/h11H,7-9,14H2,1-6H3. The molecule has 0 aliphatic heterocycles. The molecule has 0 fully saturated rings. The van der Waals surface area contributed by atoms with Gasteiger partial charge >= 0.3 is 0 Å². The molecule has 2 N–H and O–H groups in total. The van der Waals surface area contributed by atoms with E-state index in [1.54, 1.807) is 0 Å². The van der Waals surface area contributed by atoms with Gasteiger partial charge in [-0.3, -0.25) is 4.79 Å². The fourth-order valence-electron chi connectivity index (χ4n) is 1.17. The molecule has 90 valence electrons. The zero-order valence-electron chi connectivity index (χ0n) is 11.2. The maximum Gasteiger partial charge on any atom is 0.134 e. The van der Waals surface area contributed by atoms with Crippen LogP contribution in [0.2, 0.25) is 0 Å². The van der Waals surface area contributed by atoms with Gasteiger partial charge in [0.1, 0.15) is 5.78 Å². The zero-order valence-corrected chi connectivity index (χ0v) is 11.2. The Kier molecular flexibility index (Phi) is 4.98. The second-order valence-corrected chi connectivity index (χ2v) is 6.78. The van der Waals surface area contributed by atoms with E-state index in [2.05, 4.69) is 41.5 Å². The van der Waals surface area contributed by atoms with Crippen LogP contribution in [0.5, 0.6) is 0 Å². The molecular formula is C13H27NO. The Morgan fingerprint density at radius 3 is 1.93 bits per heavy atom. The topological polar surface area (TPSA) is 43.1 Å². The average molecular weight is 213 g/mol. The van der Waals surface area contributed by atoms with Crippen molar-refractivity contribution in [1.82, 2.24) is 0 Å². The van der Waals surface area contributed by atoms with Crippen molar-refractivity contribution in [3.8, 4) is 0 Å². The molecule has 2 nitrogen and oxygen atoms in total. The molecule has 0 amide bonds. The van der Waals surface area contributed by atoms with Gasteiger partial charge in [-0.1, -0.05) is 41.5 Å². The molecule has 15 heavy (non-hydrogen) atoms. The predicted octanol–water partition coefficient (Wildman–Crippen LogP) is 3.15. The highest BCUT2D eigenvalue weighted by molar-refractivity contribution is 5.79. The van der Waals surface area contributed by atoms with Gasteiger partial charge in [0.05, 0.1) is 0 Å². The highest BCUT2D eigenvalue weighted by atomic mass is 16.1. The summed E-state index contributed by atoms with van der Waals surface area (Å²) in [5, 5.41) is 0. The minimum atomic E-state index is -0.0232. The van der Waals surface area contributed by atoms with E-state index in [1.807, 2.05) is 0 Å². The van der Waals surface area contributed by atoms with Gasteiger partial charge in [-0.05, 0) is 17.3 Å². The van der Waals surface area contributed by atoms with Gasteiger partial charge in [-0.25, -0.2) is 0 Å². The molecule has 0 aliphatic carbocycles. The molecule has 0 aliphatic rings. The third-order valence-corrected chi connectivity index (χ3v) is 2.71. The lowest BCUT2D eigenvalue weighted by atomic mass is 9.82. The van der Waals surface area contributed by atoms with Crippen molar-refractivity contribution in [2.45, 2.75) is 66.8 Å². The van der Waals surface area contributed by atoms with E-state index >= 15 is 0 Å². The highest BCUT2D eigenvalue weighted by Gasteiger charge is 2.23. The van der Waals surface area contributed by atoms with E-state index in [0.717, 1.165) is 6.42 Å². The molecule has 0 rings (SSSR count). The molecule has 1 unspecified atom stereocenters. The van der Waals surface area contributed by atoms with Crippen LogP contribution in [0.1, 0.15) is 60.8 Å². The van der Waals surface area contributed by atoms with Gasteiger partial charge in [-0.15, -0.1) is 0 Å². The second kappa shape index (κ2) is 5.11. The van der Waals surface area contributed by atoms with E-state index < -0.39 is 0 Å². The summed E-state index contributed by atoms with van der Waals surface area (Å²) in [6.45, 7) is 12.7. The number of ketones is 1. The van der Waals surface area contributed by atoms with Crippen molar-refractivity contribution >= 4 is 5.78 Å². The van der Waals surface area contributed by atoms with Crippen molar-refractivity contribution in [1.29, 1.82) is 0 Å². The molecule has 0 saturated heterocycles. The number of nitrogens with two attached hydrogens (primary N) is 1. The Morgan fingerprint density at radius 2 is 1.60 bits per heavy atom. The van der Waals surface area contributed by atoms with Gasteiger partial charge in [-0.2, -0.15) is 0 Å². The van der Waals surface area contributed by atoms with Crippen molar-refractivity contribution < 1.29 is 4.79 Å². The first kappa shape index (κ1) is 14.6. The number of Topliss-reactive ketones (excluding diaryl/α,β-unsaturated/α-hetero) is 1. The molecule has 0 heterocycles. The monoisotopic (exact) mass is 213 g/mol. The van der Waals surface area contributed by atoms with E-state index in [-0.39, 0.29) is 16.9 Å². The lowest BCUT2D eigenvalue weighted by Gasteiger charge is -2.26. The summed E-state index contributed by atoms with van der Waals surface area (Å²) >= 11 is 0. The molecule has 0 spiro atoms. The van der Waals surface area contributed by atoms with Crippen LogP contribution in [0.25, 0.3) is 0 Å². The SMILES string of the molecule is CC(C)(C)CCC(=O)CC(N)C(C)(C)C. The Balaban J connectivity index is 3.96. The number of carbonyl (C=O) groups is 1. The Morgan fingerprint density at radius 1 is 1.13 bits per heavy atom. The number of carbonyl (C=O) groups excluding carboxylic acids is 1. The first-order valence-electron chi connectivity index (χ1n) is 5.80. The first-order valence-corrected chi connectivity index (χ1v) is 5.80. The highest BCUT2D eigenvalue weighted by Crippen LogP contribution is 2.24. The van der Waals surface area contributed by atoms with Crippen LogP contribution in [-0.4, -0.2) is 11.8 Å². The summed E-state index contributed by atoms with van der Waals surface area (Å²) in [5.74, 6) is 0.298. The van der Waals surface area contributed by atoms with Crippen molar-refractivity contribution in [2.75, 3.05) is 0 Å². The Labute approximate surface area is 94.6 Å². The van der Waals surface area contributed by atoms with Crippen LogP contribution in [-0.2, 0) is 4.79 Å². The summed E-state index contributed by atoms with van der Waals surface area (Å²) in [6.07, 6.45) is 2.12. The lowest BCUT2D eigenvalue weighted by molar-refractivity contribution is -0.120. The third kappa shape index (κ3) is 7.55. The molecule has 0 radical (unpaired) electrons. The van der Waals surface area contributed by atoms with Gasteiger partial charge < -0.3 is 5.73 Å². The average Bonchev–Trinajstić information content (AvgIpc) is 1.97. The number of rotatable bonds is 4. The van der Waals surface area contributed by atoms with Crippen molar-refractivity contribution in [3.05, 3.63) is 0 Å². The van der Waals surface area contributed by atoms with E-state index in [0.29, 0.717) is 18.6 Å². The maximum absolute atomic E-state index is 11.7. The first-order chi connectivity index (χ1) is 6.52. The van der Waals surface area contributed by atoms with E-state index in [4.69, 9.17) is 5.73 Å². The normalized spacial score (nSPS) is 15.1. The van der Waals surface area contributed by atoms with Crippen molar-refractivity contribution in [3.63, 3.8) is 0 Å². The molecule has 0 aromatic heterocycles. The van der Waals surface area contributed by atoms with Crippen LogP contribution >= 0.6 is 0 Å². The van der Waals surface area contributed by atoms with Gasteiger partial charge in [0.2, 0.25) is 0 Å². The van der Waals surface area contributed by atoms with Crippen LogP contribution in [0, 0.1) is 10.8 Å². The van der Waals surface area contributed by atoms with Crippen LogP contribution in [0.3, 0.4) is 0 Å². The van der Waals surface area contributed by atoms with Gasteiger partial charge in [0, 0.05) is 18.9 Å². The number of hydrogen-bond acceptors (Lipinski definition) is 2. The predicted molar refractivity (Wildman–Crippen MR) is 65.7 cm³/mol. The molecular weight excluding hydrogens is 186 g/mol. The quantitative estimate of drug-likeness (QED) is 0.779. The largest absolute Gasteiger partial charge is 0.327 e. The molecule has 0 aromatic rings. The summed E-state index contributed by atoms with van der Waals surface area (Å²) < 4.78 is 0. The summed E-state index contributed by atoms with van der Waals surface area (Å²) in [4.78, 5) is 11.7. The van der Waals surface area contributed by atoms with Crippen molar-refractivity contribution in [2.24, 2.45) is 16.6 Å². The minimum absolute atomic E-state index is 0.0232. The van der Waals surface area contributed by atoms with Crippen LogP contribution < -0.4 is 5.73 Å². The molecule has 2 heteroatoms. The maximum atomic E-state index is 11.7. The molecule has 0 aromatic carbocycles. The van der Waals surface area contributed by atoms with Gasteiger partial charge in [0.15, 0.2) is 0 Å². The Hall–Kier alpha value is -0.370. The fraction of sp³-hybridized carbons (Fsp3) is 0.923. The third-order valence-electron chi connectivity index (χ3n) is 2.71. The van der Waals surface area contributed by atoms with Crippen LogP contribution in [0.4, 0.5) is 0 Å².